The molecule has 0 radical (unpaired) electrons. The summed E-state index contributed by atoms with van der Waals surface area (Å²) in [5.74, 6) is -1.06. The van der Waals surface area contributed by atoms with Crippen molar-refractivity contribution >= 4 is 46.1 Å². The number of aliphatic hydroxyl groups excluding tert-OH is 1. The van der Waals surface area contributed by atoms with Crippen LogP contribution in [-0.2, 0) is 20.9 Å². The Morgan fingerprint density at radius 3 is 2.60 bits per heavy atom. The maximum Gasteiger partial charge on any atom is 0.331 e. The summed E-state index contributed by atoms with van der Waals surface area (Å²) < 4.78 is 5.18. The molecule has 5 rings (SSSR count). The molecular formula is C33H35N5O5. The number of nitrogens with zero attached hydrogens (tertiary/aromatic N) is 3. The zero-order valence-corrected chi connectivity index (χ0v) is 24.2. The number of carbonyl (C=O) groups excluding carboxylic acids is 3. The molecule has 10 nitrogen and oxygen atoms in total. The van der Waals surface area contributed by atoms with E-state index in [0.717, 1.165) is 22.0 Å². The molecule has 3 N–H and O–H groups in total. The molecule has 0 saturated heterocycles. The van der Waals surface area contributed by atoms with Crippen molar-refractivity contribution in [3.8, 4) is 0 Å². The number of esters is 1. The molecule has 2 aromatic carbocycles. The Labute approximate surface area is 249 Å². The number of carbonyl (C=O) groups is 3. The number of H-pyrrole nitrogens is 1. The van der Waals surface area contributed by atoms with Crippen LogP contribution in [-0.4, -0.2) is 50.3 Å². The Bertz CT molecular complexity index is 1620. The lowest BCUT2D eigenvalue weighted by Gasteiger charge is -2.31. The molecule has 10 heteroatoms. The van der Waals surface area contributed by atoms with Gasteiger partial charge in [-0.05, 0) is 81.0 Å². The number of ether oxygens (including phenoxy) is 1. The predicted octanol–water partition coefficient (Wildman–Crippen LogP) is 5.26. The molecule has 0 spiro atoms. The van der Waals surface area contributed by atoms with Gasteiger partial charge in [-0.15, -0.1) is 0 Å². The molecule has 0 aliphatic heterocycles. The van der Waals surface area contributed by atoms with E-state index in [1.54, 1.807) is 55.4 Å². The number of amides is 2. The Hall–Kier alpha value is -4.83. The number of aliphatic hydroxyl groups is 1. The number of anilines is 2. The van der Waals surface area contributed by atoms with E-state index in [4.69, 9.17) is 4.74 Å². The van der Waals surface area contributed by atoms with E-state index >= 15 is 0 Å². The van der Waals surface area contributed by atoms with Crippen LogP contribution in [0.15, 0.2) is 73.1 Å². The molecule has 1 saturated carbocycles. The first kappa shape index (κ1) is 29.7. The van der Waals surface area contributed by atoms with E-state index in [-0.39, 0.29) is 42.2 Å². The van der Waals surface area contributed by atoms with Gasteiger partial charge in [0.2, 0.25) is 5.91 Å². The first-order chi connectivity index (χ1) is 20.8. The van der Waals surface area contributed by atoms with E-state index in [2.05, 4.69) is 20.5 Å². The molecule has 1 aliphatic carbocycles. The van der Waals surface area contributed by atoms with Crippen LogP contribution in [0, 0.1) is 5.92 Å². The summed E-state index contributed by atoms with van der Waals surface area (Å²) in [5, 5.41) is 20.7. The van der Waals surface area contributed by atoms with Crippen molar-refractivity contribution in [1.82, 2.24) is 15.2 Å². The maximum atomic E-state index is 13.8. The quantitative estimate of drug-likeness (QED) is 0.181. The zero-order valence-electron chi connectivity index (χ0n) is 24.2. The van der Waals surface area contributed by atoms with Crippen LogP contribution in [0.5, 0.6) is 0 Å². The van der Waals surface area contributed by atoms with Crippen molar-refractivity contribution in [2.24, 2.45) is 5.92 Å². The van der Waals surface area contributed by atoms with Gasteiger partial charge < -0.3 is 20.1 Å². The van der Waals surface area contributed by atoms with Gasteiger partial charge in [-0.2, -0.15) is 5.10 Å². The molecule has 4 aromatic rings. The van der Waals surface area contributed by atoms with Crippen LogP contribution in [0.3, 0.4) is 0 Å². The Kier molecular flexibility index (Phi) is 9.26. The monoisotopic (exact) mass is 581 g/mol. The minimum Gasteiger partial charge on any atom is -0.460 e. The van der Waals surface area contributed by atoms with E-state index in [9.17, 15) is 19.5 Å². The van der Waals surface area contributed by atoms with Crippen molar-refractivity contribution < 1.29 is 24.2 Å². The Morgan fingerprint density at radius 2 is 1.86 bits per heavy atom. The summed E-state index contributed by atoms with van der Waals surface area (Å²) in [6.45, 7) is 3.81. The summed E-state index contributed by atoms with van der Waals surface area (Å²) in [6.07, 6.45) is 8.11. The van der Waals surface area contributed by atoms with Crippen LogP contribution in [0.4, 0.5) is 11.4 Å². The Morgan fingerprint density at radius 1 is 1.07 bits per heavy atom. The largest absolute Gasteiger partial charge is 0.460 e. The van der Waals surface area contributed by atoms with Crippen LogP contribution in [0.1, 0.15) is 61.1 Å². The van der Waals surface area contributed by atoms with Gasteiger partial charge in [0.1, 0.15) is 5.69 Å². The normalized spacial score (nSPS) is 16.8. The number of pyridine rings is 1. The number of benzene rings is 2. The highest BCUT2D eigenvalue weighted by Gasteiger charge is 2.30. The molecule has 0 unspecified atom stereocenters. The second kappa shape index (κ2) is 13.4. The minimum atomic E-state index is -0.439. The number of aromatic nitrogens is 3. The second-order valence-corrected chi connectivity index (χ2v) is 11.0. The molecule has 1 aliphatic rings. The number of para-hydroxylation sites is 1. The smallest absolute Gasteiger partial charge is 0.331 e. The number of aromatic amines is 1. The highest BCUT2D eigenvalue weighted by atomic mass is 16.5. The van der Waals surface area contributed by atoms with Crippen LogP contribution >= 0.6 is 0 Å². The van der Waals surface area contributed by atoms with E-state index in [1.165, 1.54) is 6.08 Å². The maximum absolute atomic E-state index is 13.8. The fraction of sp³-hybridized carbons (Fsp3) is 0.303. The predicted molar refractivity (Wildman–Crippen MR) is 164 cm³/mol. The SMILES string of the molecule is CC(C)OC(=O)/C=C/c1cccc(N(Cc2ccc(C(=O)Nc3cccc4cn[nH]c34)nc2)C(=O)C2CCC(O)CC2)c1. The number of hydrogen-bond donors (Lipinski definition) is 3. The van der Waals surface area contributed by atoms with Gasteiger partial charge in [0.25, 0.3) is 5.91 Å². The highest BCUT2D eigenvalue weighted by Crippen LogP contribution is 2.30. The fourth-order valence-electron chi connectivity index (χ4n) is 5.17. The van der Waals surface area contributed by atoms with Gasteiger partial charge >= 0.3 is 5.97 Å². The first-order valence-corrected chi connectivity index (χ1v) is 14.4. The van der Waals surface area contributed by atoms with Crippen molar-refractivity contribution in [3.05, 3.63) is 89.9 Å². The average molecular weight is 582 g/mol. The molecule has 2 heterocycles. The number of rotatable bonds is 9. The standard InChI is InChI=1S/C33H35N5O5/c1-21(2)43-30(40)16-10-22-5-3-7-26(17-22)38(33(42)24-11-13-27(39)14-12-24)20-23-9-15-29(34-18-23)32(41)36-28-8-4-6-25-19-35-37-31(25)28/h3-10,15-19,21,24,27,39H,11-14,20H2,1-2H3,(H,35,37)(H,36,41)/b16-10+. The lowest BCUT2D eigenvalue weighted by atomic mass is 9.86. The number of hydrogen-bond acceptors (Lipinski definition) is 7. The minimum absolute atomic E-state index is 0.0401. The van der Waals surface area contributed by atoms with Crippen molar-refractivity contribution in [2.75, 3.05) is 10.2 Å². The zero-order chi connectivity index (χ0) is 30.3. The lowest BCUT2D eigenvalue weighted by Crippen LogP contribution is -2.38. The summed E-state index contributed by atoms with van der Waals surface area (Å²) in [7, 11) is 0. The molecule has 1 fully saturated rings. The fourth-order valence-corrected chi connectivity index (χ4v) is 5.17. The van der Waals surface area contributed by atoms with Crippen LogP contribution in [0.2, 0.25) is 0 Å². The lowest BCUT2D eigenvalue weighted by molar-refractivity contribution is -0.141. The van der Waals surface area contributed by atoms with Crippen molar-refractivity contribution in [2.45, 2.75) is 58.3 Å². The van der Waals surface area contributed by atoms with Gasteiger partial charge in [-0.3, -0.25) is 19.7 Å². The first-order valence-electron chi connectivity index (χ1n) is 14.4. The molecule has 2 aromatic heterocycles. The molecule has 2 amide bonds. The Balaban J connectivity index is 1.35. The van der Waals surface area contributed by atoms with E-state index < -0.39 is 5.97 Å². The molecular weight excluding hydrogens is 546 g/mol. The second-order valence-electron chi connectivity index (χ2n) is 11.0. The highest BCUT2D eigenvalue weighted by molar-refractivity contribution is 6.07. The molecule has 0 bridgehead atoms. The molecule has 43 heavy (non-hydrogen) atoms. The molecule has 0 atom stereocenters. The summed E-state index contributed by atoms with van der Waals surface area (Å²) in [6, 6.07) is 16.3. The van der Waals surface area contributed by atoms with Crippen molar-refractivity contribution in [1.29, 1.82) is 0 Å². The summed E-state index contributed by atoms with van der Waals surface area (Å²) >= 11 is 0. The van der Waals surface area contributed by atoms with E-state index in [0.29, 0.717) is 37.1 Å². The van der Waals surface area contributed by atoms with Crippen molar-refractivity contribution in [3.63, 3.8) is 0 Å². The average Bonchev–Trinajstić information content (AvgIpc) is 3.49. The van der Waals surface area contributed by atoms with Gasteiger partial charge in [0.05, 0.1) is 36.2 Å². The molecule has 222 valence electrons. The topological polar surface area (TPSA) is 138 Å². The third-order valence-electron chi connectivity index (χ3n) is 7.38. The van der Waals surface area contributed by atoms with Gasteiger partial charge in [-0.25, -0.2) is 4.79 Å². The van der Waals surface area contributed by atoms with E-state index in [1.807, 2.05) is 36.4 Å². The van der Waals surface area contributed by atoms with Gasteiger partial charge in [-0.1, -0.05) is 30.3 Å². The van der Waals surface area contributed by atoms with Crippen LogP contribution < -0.4 is 10.2 Å². The summed E-state index contributed by atoms with van der Waals surface area (Å²) in [5.41, 5.74) is 3.73. The van der Waals surface area contributed by atoms with Gasteiger partial charge in [0.15, 0.2) is 0 Å². The third-order valence-corrected chi connectivity index (χ3v) is 7.38. The number of fused-ring (bicyclic) bond motifs is 1. The third kappa shape index (κ3) is 7.52. The van der Waals surface area contributed by atoms with Gasteiger partial charge in [0, 0.05) is 29.3 Å². The number of nitrogens with one attached hydrogen (secondary N) is 2. The van der Waals surface area contributed by atoms with Crippen LogP contribution in [0.25, 0.3) is 17.0 Å². The summed E-state index contributed by atoms with van der Waals surface area (Å²) in [4.78, 5) is 44.9.